The van der Waals surface area contributed by atoms with E-state index in [4.69, 9.17) is 16.3 Å². The topological polar surface area (TPSA) is 27.1 Å². The zero-order valence-electron chi connectivity index (χ0n) is 11.7. The van der Waals surface area contributed by atoms with E-state index in [9.17, 15) is 0 Å². The van der Waals surface area contributed by atoms with E-state index in [-0.39, 0.29) is 0 Å². The van der Waals surface area contributed by atoms with E-state index in [0.717, 1.165) is 49.5 Å². The lowest BCUT2D eigenvalue weighted by atomic mass is 10.3. The molecule has 1 aromatic heterocycles. The molecule has 0 aliphatic rings. The Hall–Kier alpha value is -0.330. The number of benzene rings is 1. The molecule has 0 radical (unpaired) electrons. The van der Waals surface area contributed by atoms with Crippen molar-refractivity contribution >= 4 is 45.2 Å². The first-order valence-corrected chi connectivity index (χ1v) is 8.66. The molecule has 110 valence electrons. The van der Waals surface area contributed by atoms with Crippen molar-refractivity contribution in [1.82, 2.24) is 9.55 Å². The Morgan fingerprint density at radius 2 is 2.10 bits per heavy atom. The molecule has 1 heterocycles. The number of imidazole rings is 1. The molecule has 1 aromatic carbocycles. The molecule has 0 aliphatic carbocycles. The highest BCUT2D eigenvalue weighted by Gasteiger charge is 2.09. The lowest BCUT2D eigenvalue weighted by Crippen LogP contribution is -2.06. The van der Waals surface area contributed by atoms with E-state index in [1.807, 2.05) is 0 Å². The molecule has 5 heteroatoms. The second kappa shape index (κ2) is 8.20. The maximum absolute atomic E-state index is 6.01. The maximum Gasteiger partial charge on any atom is 0.124 e. The van der Waals surface area contributed by atoms with Crippen LogP contribution in [0.2, 0.25) is 0 Å². The fourth-order valence-electron chi connectivity index (χ4n) is 2.18. The molecule has 0 fully saturated rings. The van der Waals surface area contributed by atoms with Gasteiger partial charge in [0.15, 0.2) is 0 Å². The Morgan fingerprint density at radius 3 is 2.85 bits per heavy atom. The summed E-state index contributed by atoms with van der Waals surface area (Å²) in [6.07, 6.45) is 3.31. The lowest BCUT2D eigenvalue weighted by molar-refractivity contribution is 0.126. The van der Waals surface area contributed by atoms with Gasteiger partial charge in [-0.3, -0.25) is 0 Å². The van der Waals surface area contributed by atoms with Gasteiger partial charge in [-0.05, 0) is 53.6 Å². The van der Waals surface area contributed by atoms with Crippen molar-refractivity contribution in [3.63, 3.8) is 0 Å². The molecule has 3 nitrogen and oxygen atoms in total. The molecule has 0 spiro atoms. The SMILES string of the molecule is CCCCOCCCn1c(CCl)nc2cc(I)ccc21. The van der Waals surface area contributed by atoms with Crippen molar-refractivity contribution in [3.8, 4) is 0 Å². The largest absolute Gasteiger partial charge is 0.381 e. The number of rotatable bonds is 8. The fourth-order valence-corrected chi connectivity index (χ4v) is 2.86. The smallest absolute Gasteiger partial charge is 0.124 e. The normalized spacial score (nSPS) is 11.3. The van der Waals surface area contributed by atoms with Gasteiger partial charge in [0.25, 0.3) is 0 Å². The minimum absolute atomic E-state index is 0.446. The number of nitrogens with zero attached hydrogens (tertiary/aromatic N) is 2. The number of halogens is 2. The van der Waals surface area contributed by atoms with Gasteiger partial charge in [-0.15, -0.1) is 11.6 Å². The average molecular weight is 407 g/mol. The first-order valence-electron chi connectivity index (χ1n) is 7.04. The van der Waals surface area contributed by atoms with Gasteiger partial charge in [0.05, 0.1) is 16.9 Å². The molecule has 20 heavy (non-hydrogen) atoms. The van der Waals surface area contributed by atoms with Crippen LogP contribution < -0.4 is 0 Å². The van der Waals surface area contributed by atoms with Crippen LogP contribution in [-0.4, -0.2) is 22.8 Å². The molecular formula is C15H20ClIN2O. The summed E-state index contributed by atoms with van der Waals surface area (Å²) in [6.45, 7) is 4.74. The summed E-state index contributed by atoms with van der Waals surface area (Å²) in [5.41, 5.74) is 2.19. The van der Waals surface area contributed by atoms with E-state index < -0.39 is 0 Å². The summed E-state index contributed by atoms with van der Waals surface area (Å²) in [7, 11) is 0. The highest BCUT2D eigenvalue weighted by atomic mass is 127. The highest BCUT2D eigenvalue weighted by Crippen LogP contribution is 2.20. The van der Waals surface area contributed by atoms with Gasteiger partial charge in [0, 0.05) is 23.3 Å². The van der Waals surface area contributed by atoms with Crippen LogP contribution in [0.15, 0.2) is 18.2 Å². The molecule has 2 rings (SSSR count). The van der Waals surface area contributed by atoms with Crippen LogP contribution in [0.4, 0.5) is 0 Å². The zero-order valence-corrected chi connectivity index (χ0v) is 14.7. The van der Waals surface area contributed by atoms with Crippen molar-refractivity contribution < 1.29 is 4.74 Å². The molecule has 2 aromatic rings. The second-order valence-corrected chi connectivity index (χ2v) is 6.28. The van der Waals surface area contributed by atoms with Crippen LogP contribution in [0, 0.1) is 3.57 Å². The number of hydrogen-bond donors (Lipinski definition) is 0. The quantitative estimate of drug-likeness (QED) is 0.364. The van der Waals surface area contributed by atoms with E-state index >= 15 is 0 Å². The summed E-state index contributed by atoms with van der Waals surface area (Å²) in [4.78, 5) is 4.61. The highest BCUT2D eigenvalue weighted by molar-refractivity contribution is 14.1. The summed E-state index contributed by atoms with van der Waals surface area (Å²) < 4.78 is 9.02. The molecular weight excluding hydrogens is 387 g/mol. The first-order chi connectivity index (χ1) is 9.76. The lowest BCUT2D eigenvalue weighted by Gasteiger charge is -2.08. The third kappa shape index (κ3) is 4.09. The third-order valence-corrected chi connectivity index (χ3v) is 4.13. The molecule has 0 atom stereocenters. The van der Waals surface area contributed by atoms with Crippen molar-refractivity contribution in [2.24, 2.45) is 0 Å². The molecule has 0 aliphatic heterocycles. The van der Waals surface area contributed by atoms with Gasteiger partial charge >= 0.3 is 0 Å². The van der Waals surface area contributed by atoms with Gasteiger partial charge < -0.3 is 9.30 Å². The number of aryl methyl sites for hydroxylation is 1. The Morgan fingerprint density at radius 1 is 1.30 bits per heavy atom. The van der Waals surface area contributed by atoms with Crippen LogP contribution in [0.5, 0.6) is 0 Å². The Labute approximate surface area is 138 Å². The van der Waals surface area contributed by atoms with Crippen LogP contribution in [0.1, 0.15) is 32.0 Å². The number of hydrogen-bond acceptors (Lipinski definition) is 2. The van der Waals surface area contributed by atoms with Gasteiger partial charge in [0.2, 0.25) is 0 Å². The standard InChI is InChI=1S/C15H20ClIN2O/c1-2-3-8-20-9-4-7-19-14-6-5-12(17)10-13(14)18-15(19)11-16/h5-6,10H,2-4,7-9,11H2,1H3. The molecule has 0 bridgehead atoms. The Balaban J connectivity index is 2.01. The fraction of sp³-hybridized carbons (Fsp3) is 0.533. The minimum Gasteiger partial charge on any atom is -0.381 e. The van der Waals surface area contributed by atoms with Crippen LogP contribution >= 0.6 is 34.2 Å². The summed E-state index contributed by atoms with van der Waals surface area (Å²) in [5.74, 6) is 1.39. The van der Waals surface area contributed by atoms with Gasteiger partial charge in [0.1, 0.15) is 5.82 Å². The van der Waals surface area contributed by atoms with Crippen molar-refractivity contribution in [3.05, 3.63) is 27.6 Å². The van der Waals surface area contributed by atoms with Gasteiger partial charge in [-0.25, -0.2) is 4.98 Å². The van der Waals surface area contributed by atoms with Crippen molar-refractivity contribution in [2.75, 3.05) is 13.2 Å². The third-order valence-electron chi connectivity index (χ3n) is 3.22. The predicted molar refractivity (Wildman–Crippen MR) is 92.4 cm³/mol. The number of ether oxygens (including phenoxy) is 1. The molecule has 0 N–H and O–H groups in total. The van der Waals surface area contributed by atoms with E-state index in [0.29, 0.717) is 5.88 Å². The van der Waals surface area contributed by atoms with Gasteiger partial charge in [-0.1, -0.05) is 13.3 Å². The number of unbranched alkanes of at least 4 members (excludes halogenated alkanes) is 1. The predicted octanol–water partition coefficient (Wildman–Crippen LogP) is 4.59. The van der Waals surface area contributed by atoms with E-state index in [1.165, 1.54) is 9.99 Å². The summed E-state index contributed by atoms with van der Waals surface area (Å²) in [5, 5.41) is 0. The molecule has 0 amide bonds. The molecule has 0 unspecified atom stereocenters. The summed E-state index contributed by atoms with van der Waals surface area (Å²) in [6, 6.07) is 6.33. The average Bonchev–Trinajstić information content (AvgIpc) is 2.79. The van der Waals surface area contributed by atoms with Gasteiger partial charge in [-0.2, -0.15) is 0 Å². The molecule has 0 saturated heterocycles. The minimum atomic E-state index is 0.446. The first kappa shape index (κ1) is 16.0. The monoisotopic (exact) mass is 406 g/mol. The van der Waals surface area contributed by atoms with Crippen LogP contribution in [0.25, 0.3) is 11.0 Å². The summed E-state index contributed by atoms with van der Waals surface area (Å²) >= 11 is 8.31. The van der Waals surface area contributed by atoms with E-state index in [2.05, 4.69) is 57.3 Å². The second-order valence-electron chi connectivity index (χ2n) is 4.77. The number of aromatic nitrogens is 2. The Bertz CT molecular complexity index is 556. The molecule has 0 saturated carbocycles. The zero-order chi connectivity index (χ0) is 14.4. The van der Waals surface area contributed by atoms with Crippen LogP contribution in [-0.2, 0) is 17.2 Å². The van der Waals surface area contributed by atoms with Crippen LogP contribution in [0.3, 0.4) is 0 Å². The van der Waals surface area contributed by atoms with E-state index in [1.54, 1.807) is 0 Å². The number of alkyl halides is 1. The Kier molecular flexibility index (Phi) is 6.58. The number of fused-ring (bicyclic) bond motifs is 1. The van der Waals surface area contributed by atoms with Crippen molar-refractivity contribution in [1.29, 1.82) is 0 Å². The van der Waals surface area contributed by atoms with Crippen molar-refractivity contribution in [2.45, 2.75) is 38.6 Å². The maximum atomic E-state index is 6.01.